The lowest BCUT2D eigenvalue weighted by molar-refractivity contribution is -0.125. The van der Waals surface area contributed by atoms with E-state index in [0.29, 0.717) is 30.4 Å². The summed E-state index contributed by atoms with van der Waals surface area (Å²) in [6, 6.07) is 11.3. The summed E-state index contributed by atoms with van der Waals surface area (Å²) >= 11 is 1.54. The van der Waals surface area contributed by atoms with Crippen LogP contribution in [0.1, 0.15) is 6.92 Å². The van der Waals surface area contributed by atoms with Gasteiger partial charge in [0.1, 0.15) is 5.75 Å². The lowest BCUT2D eigenvalue weighted by atomic mass is 10.2. The van der Waals surface area contributed by atoms with Crippen molar-refractivity contribution in [3.8, 4) is 17.3 Å². The molecule has 1 atom stereocenters. The van der Waals surface area contributed by atoms with Crippen LogP contribution in [0.3, 0.4) is 0 Å². The molecule has 1 aliphatic rings. The molecule has 28 heavy (non-hydrogen) atoms. The van der Waals surface area contributed by atoms with Crippen LogP contribution in [0, 0.1) is 0 Å². The number of ether oxygens (including phenoxy) is 1. The number of para-hydroxylation sites is 2. The molecule has 3 heterocycles. The molecule has 0 saturated carbocycles. The summed E-state index contributed by atoms with van der Waals surface area (Å²) in [5.74, 6) is 2.68. The Morgan fingerprint density at radius 1 is 1.25 bits per heavy atom. The molecule has 0 spiro atoms. The second-order valence-electron chi connectivity index (χ2n) is 6.25. The van der Waals surface area contributed by atoms with E-state index in [9.17, 15) is 4.79 Å². The van der Waals surface area contributed by atoms with Crippen LogP contribution in [0.2, 0.25) is 0 Å². The zero-order valence-electron chi connectivity index (χ0n) is 15.4. The summed E-state index contributed by atoms with van der Waals surface area (Å²) in [5, 5.41) is 9.31. The maximum atomic E-state index is 12.6. The highest BCUT2D eigenvalue weighted by Gasteiger charge is 2.31. The van der Waals surface area contributed by atoms with E-state index in [-0.39, 0.29) is 5.91 Å². The Balaban J connectivity index is 1.50. The molecule has 0 aliphatic carbocycles. The minimum atomic E-state index is -0.491. The summed E-state index contributed by atoms with van der Waals surface area (Å²) in [7, 11) is 0. The smallest absolute Gasteiger partial charge is 0.267 e. The van der Waals surface area contributed by atoms with Crippen LogP contribution in [0.5, 0.6) is 5.75 Å². The van der Waals surface area contributed by atoms with Gasteiger partial charge in [-0.15, -0.1) is 16.8 Å². The number of benzene rings is 1. The van der Waals surface area contributed by atoms with E-state index < -0.39 is 6.10 Å². The number of amides is 1. The SMILES string of the molecule is C=CCn1c(SCCN2C(=O)[C@@H](C)Oc3ccccc32)nnc1-c1ccco1. The van der Waals surface area contributed by atoms with E-state index >= 15 is 0 Å². The maximum Gasteiger partial charge on any atom is 0.267 e. The Bertz CT molecular complexity index is 983. The van der Waals surface area contributed by atoms with Crippen molar-refractivity contribution in [1.29, 1.82) is 0 Å². The van der Waals surface area contributed by atoms with Gasteiger partial charge in [0.15, 0.2) is 17.0 Å². The van der Waals surface area contributed by atoms with Gasteiger partial charge in [-0.25, -0.2) is 0 Å². The number of rotatable bonds is 7. The van der Waals surface area contributed by atoms with Crippen molar-refractivity contribution in [2.45, 2.75) is 24.7 Å². The lowest BCUT2D eigenvalue weighted by Crippen LogP contribution is -2.45. The highest BCUT2D eigenvalue weighted by Crippen LogP contribution is 2.34. The van der Waals surface area contributed by atoms with Crippen LogP contribution in [0.4, 0.5) is 5.69 Å². The second-order valence-corrected chi connectivity index (χ2v) is 7.31. The molecular formula is C20H20N4O3S. The number of hydrogen-bond donors (Lipinski definition) is 0. The van der Waals surface area contributed by atoms with E-state index in [1.165, 1.54) is 0 Å². The van der Waals surface area contributed by atoms with Crippen LogP contribution >= 0.6 is 11.8 Å². The van der Waals surface area contributed by atoms with Gasteiger partial charge in [0.05, 0.1) is 12.0 Å². The van der Waals surface area contributed by atoms with Crippen molar-refractivity contribution < 1.29 is 13.9 Å². The first-order valence-electron chi connectivity index (χ1n) is 8.97. The Morgan fingerprint density at radius 3 is 2.89 bits per heavy atom. The number of furan rings is 1. The third-order valence-corrected chi connectivity index (χ3v) is 5.34. The van der Waals surface area contributed by atoms with Gasteiger partial charge in [0.25, 0.3) is 5.91 Å². The molecule has 0 N–H and O–H groups in total. The van der Waals surface area contributed by atoms with E-state index in [1.807, 2.05) is 41.0 Å². The number of aromatic nitrogens is 3. The molecule has 0 bridgehead atoms. The normalized spacial score (nSPS) is 16.0. The number of allylic oxidation sites excluding steroid dienone is 1. The molecule has 0 unspecified atom stereocenters. The van der Waals surface area contributed by atoms with Crippen LogP contribution in [0.25, 0.3) is 11.6 Å². The summed E-state index contributed by atoms with van der Waals surface area (Å²) < 4.78 is 13.1. The van der Waals surface area contributed by atoms with Crippen LogP contribution < -0.4 is 9.64 Å². The third-order valence-electron chi connectivity index (χ3n) is 4.39. The van der Waals surface area contributed by atoms with Gasteiger partial charge in [0, 0.05) is 18.8 Å². The average molecular weight is 396 g/mol. The lowest BCUT2D eigenvalue weighted by Gasteiger charge is -2.32. The third kappa shape index (κ3) is 3.43. The summed E-state index contributed by atoms with van der Waals surface area (Å²) in [4.78, 5) is 14.4. The first kappa shape index (κ1) is 18.4. The highest BCUT2D eigenvalue weighted by atomic mass is 32.2. The van der Waals surface area contributed by atoms with E-state index in [2.05, 4.69) is 16.8 Å². The summed E-state index contributed by atoms with van der Waals surface area (Å²) in [5.41, 5.74) is 0.801. The van der Waals surface area contributed by atoms with Gasteiger partial charge in [-0.2, -0.15) is 0 Å². The number of carbonyl (C=O) groups excluding carboxylic acids is 1. The first-order valence-corrected chi connectivity index (χ1v) is 9.95. The number of carbonyl (C=O) groups is 1. The van der Waals surface area contributed by atoms with Gasteiger partial charge in [-0.3, -0.25) is 9.36 Å². The largest absolute Gasteiger partial charge is 0.479 e. The molecule has 4 rings (SSSR count). The van der Waals surface area contributed by atoms with Crippen molar-refractivity contribution in [1.82, 2.24) is 14.8 Å². The number of nitrogens with zero attached hydrogens (tertiary/aromatic N) is 4. The fraction of sp³-hybridized carbons (Fsp3) is 0.250. The Kier molecular flexibility index (Phi) is 5.21. The minimum Gasteiger partial charge on any atom is -0.479 e. The highest BCUT2D eigenvalue weighted by molar-refractivity contribution is 7.99. The molecule has 2 aromatic heterocycles. The van der Waals surface area contributed by atoms with Crippen molar-refractivity contribution >= 4 is 23.4 Å². The Hall–Kier alpha value is -3.00. The summed E-state index contributed by atoms with van der Waals surface area (Å²) in [6.07, 6.45) is 2.91. The van der Waals surface area contributed by atoms with Crippen molar-refractivity contribution in [2.75, 3.05) is 17.2 Å². The molecular weight excluding hydrogens is 376 g/mol. The van der Waals surface area contributed by atoms with Crippen LogP contribution in [0.15, 0.2) is 64.9 Å². The molecule has 7 nitrogen and oxygen atoms in total. The molecule has 1 aromatic carbocycles. The zero-order valence-corrected chi connectivity index (χ0v) is 16.3. The van der Waals surface area contributed by atoms with Crippen molar-refractivity contribution in [2.24, 2.45) is 0 Å². The van der Waals surface area contributed by atoms with Crippen molar-refractivity contribution in [3.05, 3.63) is 55.3 Å². The molecule has 3 aromatic rings. The molecule has 0 saturated heterocycles. The second kappa shape index (κ2) is 7.93. The average Bonchev–Trinajstić information content (AvgIpc) is 3.35. The van der Waals surface area contributed by atoms with Crippen LogP contribution in [-0.2, 0) is 11.3 Å². The van der Waals surface area contributed by atoms with Gasteiger partial charge in [0.2, 0.25) is 5.82 Å². The Morgan fingerprint density at radius 2 is 2.11 bits per heavy atom. The molecule has 8 heteroatoms. The molecule has 1 aliphatic heterocycles. The molecule has 1 amide bonds. The predicted molar refractivity (Wildman–Crippen MR) is 108 cm³/mol. The molecule has 0 radical (unpaired) electrons. The number of anilines is 1. The molecule has 144 valence electrons. The quantitative estimate of drug-likeness (QED) is 0.449. The topological polar surface area (TPSA) is 73.4 Å². The number of hydrogen-bond acceptors (Lipinski definition) is 6. The van der Waals surface area contributed by atoms with Gasteiger partial charge < -0.3 is 14.1 Å². The standard InChI is InChI=1S/C20H20N4O3S/c1-3-10-24-18(17-9-6-12-26-17)21-22-20(24)28-13-11-23-15-7-4-5-8-16(15)27-14(2)19(23)25/h3-9,12,14H,1,10-11,13H2,2H3/t14-/m1/s1. The van der Waals surface area contributed by atoms with E-state index in [4.69, 9.17) is 9.15 Å². The minimum absolute atomic E-state index is 0.0388. The zero-order chi connectivity index (χ0) is 19.5. The van der Waals surface area contributed by atoms with Gasteiger partial charge in [-0.1, -0.05) is 30.0 Å². The van der Waals surface area contributed by atoms with E-state index in [1.54, 1.807) is 35.9 Å². The van der Waals surface area contributed by atoms with Gasteiger partial charge >= 0.3 is 0 Å². The maximum absolute atomic E-state index is 12.6. The van der Waals surface area contributed by atoms with Crippen LogP contribution in [-0.4, -0.2) is 39.1 Å². The summed E-state index contributed by atoms with van der Waals surface area (Å²) in [6.45, 7) is 6.70. The fourth-order valence-corrected chi connectivity index (χ4v) is 3.97. The molecule has 0 fully saturated rings. The number of thioether (sulfide) groups is 1. The fourth-order valence-electron chi connectivity index (χ4n) is 3.09. The van der Waals surface area contributed by atoms with Crippen molar-refractivity contribution in [3.63, 3.8) is 0 Å². The number of fused-ring (bicyclic) bond motifs is 1. The van der Waals surface area contributed by atoms with E-state index in [0.717, 1.165) is 16.6 Å². The first-order chi connectivity index (χ1) is 13.7. The van der Waals surface area contributed by atoms with Gasteiger partial charge in [-0.05, 0) is 31.2 Å². The monoisotopic (exact) mass is 396 g/mol. The predicted octanol–water partition coefficient (Wildman–Crippen LogP) is 3.63. The Labute approximate surface area is 167 Å².